The Kier molecular flexibility index (Phi) is 31.6. The molecule has 12 atom stereocenters. The van der Waals surface area contributed by atoms with E-state index in [1.807, 2.05) is 0 Å². The van der Waals surface area contributed by atoms with E-state index in [2.05, 4.69) is 68.5 Å². The van der Waals surface area contributed by atoms with Gasteiger partial charge in [0.05, 0.1) is 38.0 Å². The standard InChI is InChI=1S/C57H86N18O16S4/c1-27(2)13-35-51(85)72-40-24-95-93-23-39(49(83)64-19-44(79)66-36(14-29-8-10-31(76)11-9-29)52(86)67-34(50(84)68-35)7-5-6-12-58)71-54(88)41(73-56(90)46(28(3)4)74-45(80)20-63-48(82)33(59)17-43(60)78)25-94-92-22-38(47(61)81)70-55(89)42-16-32(77)21-75(42)57(91)37(69-53(40)87)15-30-18-62-26-65-30/h8-11,18,26-28,32-42,46,76-77H,5-7,12-17,19-25,58-59H2,1-4H3,(H2,60,78)(H2,61,81)(H,62,65)(H,63,82)(H,64,83)(H,66,79)(H,67,86)(H,68,84)(H,69,87)(H,70,89)(H,71,88)(H,72,85)(H,73,90)(H,74,80)/t32-,33-,34+,35+,36+,37+,38+,39+,40+,41+,42+,46+/m1/s1. The number of amides is 14. The molecule has 5 rings (SSSR count). The van der Waals surface area contributed by atoms with Crippen molar-refractivity contribution in [2.45, 2.75) is 152 Å². The number of benzene rings is 1. The molecule has 1 aromatic heterocycles. The van der Waals surface area contributed by atoms with Crippen molar-refractivity contribution < 1.29 is 77.3 Å². The van der Waals surface area contributed by atoms with Gasteiger partial charge in [0, 0.05) is 60.7 Å². The number of nitrogens with zero attached hydrogens (tertiary/aromatic N) is 2. The third kappa shape index (κ3) is 25.6. The number of primary amides is 2. The molecular weight excluding hydrogens is 1320 g/mol. The molecule has 3 fully saturated rings. The van der Waals surface area contributed by atoms with Crippen molar-refractivity contribution in [1.82, 2.24) is 73.4 Å². The number of carbonyl (C=O) groups excluding carboxylic acids is 14. The van der Waals surface area contributed by atoms with E-state index in [0.717, 1.165) is 48.1 Å². The summed E-state index contributed by atoms with van der Waals surface area (Å²) in [5.74, 6) is -15.4. The Balaban J connectivity index is 1.61. The molecule has 0 saturated carbocycles. The molecule has 95 heavy (non-hydrogen) atoms. The van der Waals surface area contributed by atoms with Gasteiger partial charge in [-0.1, -0.05) is 83.0 Å². The maximum Gasteiger partial charge on any atom is 0.246 e. The summed E-state index contributed by atoms with van der Waals surface area (Å²) < 4.78 is 0. The number of aromatic hydroxyl groups is 1. The number of aromatic nitrogens is 2. The highest BCUT2D eigenvalue weighted by Crippen LogP contribution is 2.27. The molecule has 0 spiro atoms. The first-order valence-corrected chi connectivity index (χ1v) is 35.5. The van der Waals surface area contributed by atoms with E-state index in [4.69, 9.17) is 22.9 Å². The Morgan fingerprint density at radius 3 is 1.96 bits per heavy atom. The van der Waals surface area contributed by atoms with E-state index in [1.54, 1.807) is 27.7 Å². The van der Waals surface area contributed by atoms with Crippen LogP contribution >= 0.6 is 43.2 Å². The van der Waals surface area contributed by atoms with Crippen LogP contribution in [0.1, 0.15) is 77.5 Å². The minimum Gasteiger partial charge on any atom is -0.508 e. The number of aliphatic hydroxyl groups excluding tert-OH is 1. The average Bonchev–Trinajstić information content (AvgIpc) is 1.71. The summed E-state index contributed by atoms with van der Waals surface area (Å²) in [5.41, 5.74) is 23.2. The van der Waals surface area contributed by atoms with Crippen LogP contribution in [0.4, 0.5) is 0 Å². The number of imidazole rings is 1. The molecule has 22 N–H and O–H groups in total. The van der Waals surface area contributed by atoms with Crippen LogP contribution in [0.5, 0.6) is 5.75 Å². The number of hydrogen-bond donors (Lipinski definition) is 18. The topological polar surface area (TPSA) is 548 Å². The highest BCUT2D eigenvalue weighted by molar-refractivity contribution is 8.77. The molecule has 0 unspecified atom stereocenters. The summed E-state index contributed by atoms with van der Waals surface area (Å²) in [7, 11) is 3.59. The molecule has 3 aliphatic rings. The number of unbranched alkanes of at least 4 members (excludes halogenated alkanes) is 1. The fraction of sp³-hybridized carbons (Fsp3) is 0.596. The number of fused-ring (bicyclic) bond motifs is 6. The van der Waals surface area contributed by atoms with Gasteiger partial charge in [0.1, 0.15) is 66.2 Å². The number of nitrogens with one attached hydrogen (secondary N) is 12. The lowest BCUT2D eigenvalue weighted by Crippen LogP contribution is -2.61. The number of aliphatic hydroxyl groups is 1. The van der Waals surface area contributed by atoms with Crippen molar-refractivity contribution in [2.75, 3.05) is 49.2 Å². The Hall–Kier alpha value is -7.91. The van der Waals surface area contributed by atoms with Gasteiger partial charge in [-0.3, -0.25) is 67.1 Å². The fourth-order valence-corrected chi connectivity index (χ4v) is 14.5. The number of hydrogen-bond acceptors (Lipinski definition) is 23. The second-order valence-electron chi connectivity index (χ2n) is 23.6. The minimum atomic E-state index is -1.62. The first-order valence-electron chi connectivity index (χ1n) is 30.6. The third-order valence-corrected chi connectivity index (χ3v) is 19.8. The lowest BCUT2D eigenvalue weighted by molar-refractivity contribution is -0.142. The van der Waals surface area contributed by atoms with Crippen LogP contribution in [0, 0.1) is 11.8 Å². The number of rotatable bonds is 20. The predicted octanol–water partition coefficient (Wildman–Crippen LogP) is -6.23. The van der Waals surface area contributed by atoms with Crippen molar-refractivity contribution in [1.29, 1.82) is 0 Å². The van der Waals surface area contributed by atoms with E-state index in [0.29, 0.717) is 24.1 Å². The summed E-state index contributed by atoms with van der Waals surface area (Å²) in [6.07, 6.45) is 0.794. The lowest BCUT2D eigenvalue weighted by atomic mass is 10.0. The SMILES string of the molecule is CC(C)C[C@@H]1NC(=O)[C@H](CCCCN)NC(=O)[C@H](Cc2ccc(O)cc2)NC(=O)CNC(=O)[C@@H]2CSSC[C@H](NC1=O)C(=O)N[C@@H](Cc1cnc[nH]1)C(=O)N1C[C@H](O)C[C@H]1C(=O)N[C@H](C(N)=O)CSSC[C@H](NC(=O)[C@@H](NC(=O)CNC(=O)[C@H](N)CC(N)=O)C(C)C)C(=O)N2. The van der Waals surface area contributed by atoms with Gasteiger partial charge >= 0.3 is 0 Å². The number of H-pyrrole nitrogens is 1. The van der Waals surface area contributed by atoms with Crippen molar-refractivity contribution in [2.24, 2.45) is 34.8 Å². The summed E-state index contributed by atoms with van der Waals surface area (Å²) in [5, 5.41) is 49.4. The maximum atomic E-state index is 15.0. The van der Waals surface area contributed by atoms with Crippen molar-refractivity contribution in [3.63, 3.8) is 0 Å². The molecule has 0 aliphatic carbocycles. The van der Waals surface area contributed by atoms with Gasteiger partial charge in [-0.2, -0.15) is 0 Å². The van der Waals surface area contributed by atoms with Crippen molar-refractivity contribution >= 4 is 126 Å². The molecule has 38 heteroatoms. The van der Waals surface area contributed by atoms with Gasteiger partial charge < -0.3 is 102 Å². The monoisotopic (exact) mass is 1410 g/mol. The molecule has 0 radical (unpaired) electrons. The van der Waals surface area contributed by atoms with Crippen molar-refractivity contribution in [3.05, 3.63) is 48.0 Å². The molecule has 524 valence electrons. The Bertz CT molecular complexity index is 3040. The molecule has 14 amide bonds. The van der Waals surface area contributed by atoms with Crippen LogP contribution in [-0.2, 0) is 80.0 Å². The number of phenolic OH excluding ortho intramolecular Hbond substituents is 1. The Morgan fingerprint density at radius 1 is 0.705 bits per heavy atom. The van der Waals surface area contributed by atoms with E-state index < -0.39 is 187 Å². The van der Waals surface area contributed by atoms with Gasteiger partial charge in [0.25, 0.3) is 0 Å². The molecule has 3 aliphatic heterocycles. The number of phenols is 1. The maximum absolute atomic E-state index is 15.0. The quantitative estimate of drug-likeness (QED) is 0.0433. The van der Waals surface area contributed by atoms with Gasteiger partial charge in [-0.05, 0) is 61.8 Å². The predicted molar refractivity (Wildman–Crippen MR) is 352 cm³/mol. The zero-order chi connectivity index (χ0) is 70.1. The fourth-order valence-electron chi connectivity index (χ4n) is 9.87. The van der Waals surface area contributed by atoms with Gasteiger partial charge in [0.15, 0.2) is 0 Å². The van der Waals surface area contributed by atoms with Crippen molar-refractivity contribution in [3.8, 4) is 5.75 Å². The van der Waals surface area contributed by atoms with Crippen LogP contribution in [0.25, 0.3) is 0 Å². The van der Waals surface area contributed by atoms with E-state index in [1.165, 1.54) is 36.8 Å². The van der Waals surface area contributed by atoms with Gasteiger partial charge in [-0.15, -0.1) is 0 Å². The van der Waals surface area contributed by atoms with Gasteiger partial charge in [-0.25, -0.2) is 4.98 Å². The third-order valence-electron chi connectivity index (χ3n) is 14.9. The van der Waals surface area contributed by atoms with E-state index >= 15 is 0 Å². The summed E-state index contributed by atoms with van der Waals surface area (Å²) in [4.78, 5) is 203. The summed E-state index contributed by atoms with van der Waals surface area (Å²) in [6.45, 7) is 4.92. The van der Waals surface area contributed by atoms with E-state index in [9.17, 15) is 77.3 Å². The highest BCUT2D eigenvalue weighted by Gasteiger charge is 2.44. The first kappa shape index (κ1) is 77.8. The second-order valence-corrected chi connectivity index (χ2v) is 28.7. The summed E-state index contributed by atoms with van der Waals surface area (Å²) in [6, 6.07) is -10.6. The molecular formula is C57H86N18O16S4. The molecule has 2 bridgehead atoms. The van der Waals surface area contributed by atoms with E-state index in [-0.39, 0.29) is 73.3 Å². The Labute approximate surface area is 563 Å². The lowest BCUT2D eigenvalue weighted by Gasteiger charge is -2.31. The molecule has 1 aromatic carbocycles. The minimum absolute atomic E-state index is 0.00364. The number of nitrogens with two attached hydrogens (primary N) is 4. The molecule has 2 aromatic rings. The smallest absolute Gasteiger partial charge is 0.246 e. The normalized spacial score (nSPS) is 25.1. The van der Waals surface area contributed by atoms with Crippen LogP contribution in [0.15, 0.2) is 36.8 Å². The van der Waals surface area contributed by atoms with Crippen LogP contribution < -0.4 is 81.4 Å². The van der Waals surface area contributed by atoms with Crippen LogP contribution in [0.3, 0.4) is 0 Å². The van der Waals surface area contributed by atoms with Crippen LogP contribution in [0.2, 0.25) is 0 Å². The first-order chi connectivity index (χ1) is 45.0. The second kappa shape index (κ2) is 38.6. The zero-order valence-electron chi connectivity index (χ0n) is 52.8. The largest absolute Gasteiger partial charge is 0.508 e. The zero-order valence-corrected chi connectivity index (χ0v) is 56.1. The summed E-state index contributed by atoms with van der Waals surface area (Å²) >= 11 is 0. The Morgan fingerprint density at radius 2 is 1.33 bits per heavy atom. The molecule has 4 heterocycles. The number of aromatic amines is 1. The molecule has 3 saturated heterocycles. The van der Waals surface area contributed by atoms with Gasteiger partial charge in [0.2, 0.25) is 82.7 Å². The number of carbonyl (C=O) groups is 14. The molecule has 34 nitrogen and oxygen atoms in total. The average molecular weight is 1410 g/mol. The van der Waals surface area contributed by atoms with Crippen LogP contribution in [-0.4, -0.2) is 230 Å². The highest BCUT2D eigenvalue weighted by atomic mass is 33.1.